The fraction of sp³-hybridized carbons (Fsp3) is 0.500. The van der Waals surface area contributed by atoms with Crippen LogP contribution in [0.15, 0.2) is 72.8 Å². The van der Waals surface area contributed by atoms with E-state index in [1.54, 1.807) is 0 Å². The Bertz CT molecular complexity index is 2290. The summed E-state index contributed by atoms with van der Waals surface area (Å²) in [6, 6.07) is 23.8. The second kappa shape index (κ2) is 22.0. The Kier molecular flexibility index (Phi) is 16.3. The van der Waals surface area contributed by atoms with Gasteiger partial charge in [-0.3, -0.25) is 0 Å². The molecule has 0 unspecified atom stereocenters. The predicted octanol–water partition coefficient (Wildman–Crippen LogP) is 12.8. The molecule has 0 N–H and O–H groups in total. The summed E-state index contributed by atoms with van der Waals surface area (Å²) in [5.74, 6) is 5.42. The first-order valence-electron chi connectivity index (χ1n) is 23.1. The molecule has 2 saturated heterocycles. The Morgan fingerprint density at radius 3 is 1.55 bits per heavy atom. The van der Waals surface area contributed by atoms with Crippen molar-refractivity contribution in [2.45, 2.75) is 118 Å². The van der Waals surface area contributed by atoms with Gasteiger partial charge in [0.25, 0.3) is 0 Å². The Hall–Kier alpha value is -4.08. The van der Waals surface area contributed by atoms with E-state index >= 15 is 0 Å². The lowest BCUT2D eigenvalue weighted by Crippen LogP contribution is -2.30. The van der Waals surface area contributed by atoms with Crippen LogP contribution in [0.3, 0.4) is 0 Å². The average molecular weight is 880 g/mol. The molecule has 0 amide bonds. The number of piperidine rings is 2. The van der Waals surface area contributed by atoms with Gasteiger partial charge in [-0.1, -0.05) is 61.0 Å². The molecule has 2 aliphatic heterocycles. The summed E-state index contributed by atoms with van der Waals surface area (Å²) in [6.07, 6.45) is 13.0. The number of benzene rings is 4. The van der Waals surface area contributed by atoms with Crippen LogP contribution in [0.25, 0.3) is 22.1 Å². The average Bonchev–Trinajstić information content (AvgIpc) is 3.82. The normalized spacial score (nSPS) is 15.6. The molecule has 0 saturated carbocycles. The highest BCUT2D eigenvalue weighted by molar-refractivity contribution is 6.30. The van der Waals surface area contributed by atoms with Gasteiger partial charge in [0.2, 0.25) is 0 Å². The number of imidazole rings is 2. The summed E-state index contributed by atoms with van der Waals surface area (Å²) in [6.45, 7) is 16.6. The van der Waals surface area contributed by atoms with Crippen LogP contribution in [0.1, 0.15) is 98.1 Å². The first-order valence-corrected chi connectivity index (χ1v) is 23.8. The lowest BCUT2D eigenvalue weighted by Gasteiger charge is -2.28. The van der Waals surface area contributed by atoms with E-state index in [1.165, 1.54) is 124 Å². The van der Waals surface area contributed by atoms with Crippen molar-refractivity contribution in [1.29, 1.82) is 0 Å². The molecule has 8 rings (SSSR count). The van der Waals surface area contributed by atoms with Crippen LogP contribution in [0.2, 0.25) is 10.0 Å². The highest BCUT2D eigenvalue weighted by atomic mass is 35.5. The van der Waals surface area contributed by atoms with Crippen molar-refractivity contribution in [2.75, 3.05) is 40.3 Å². The molecule has 0 radical (unpaired) electrons. The van der Waals surface area contributed by atoms with Gasteiger partial charge in [0.15, 0.2) is 0 Å². The third-order valence-electron chi connectivity index (χ3n) is 13.6. The summed E-state index contributed by atoms with van der Waals surface area (Å²) in [5.41, 5.74) is 9.81. The molecule has 2 fully saturated rings. The van der Waals surface area contributed by atoms with Gasteiger partial charge in [0.05, 0.1) is 22.1 Å². The number of hydrogen-bond acceptors (Lipinski definition) is 6. The van der Waals surface area contributed by atoms with E-state index in [4.69, 9.17) is 42.6 Å². The number of aryl methyl sites for hydroxylation is 6. The zero-order valence-corrected chi connectivity index (χ0v) is 39.6. The molecule has 2 aliphatic rings. The van der Waals surface area contributed by atoms with Gasteiger partial charge in [0, 0.05) is 23.1 Å². The van der Waals surface area contributed by atoms with Crippen LogP contribution in [-0.4, -0.2) is 69.2 Å². The maximum absolute atomic E-state index is 6.05. The third-order valence-corrected chi connectivity index (χ3v) is 14.1. The minimum Gasteiger partial charge on any atom is -0.486 e. The maximum Gasteiger partial charge on any atom is 0.148 e. The molecule has 332 valence electrons. The summed E-state index contributed by atoms with van der Waals surface area (Å²) in [5, 5.41) is 1.44. The minimum atomic E-state index is 0.462. The van der Waals surface area contributed by atoms with Gasteiger partial charge in [0.1, 0.15) is 36.4 Å². The van der Waals surface area contributed by atoms with Crippen molar-refractivity contribution in [1.82, 2.24) is 28.9 Å². The molecule has 0 atom stereocenters. The Morgan fingerprint density at radius 1 is 0.548 bits per heavy atom. The van der Waals surface area contributed by atoms with E-state index < -0.39 is 0 Å². The molecule has 10 heteroatoms. The fourth-order valence-corrected chi connectivity index (χ4v) is 9.45. The van der Waals surface area contributed by atoms with E-state index in [0.29, 0.717) is 13.2 Å². The Labute approximate surface area is 380 Å². The Morgan fingerprint density at radius 2 is 1.02 bits per heavy atom. The molecule has 0 bridgehead atoms. The number of halogens is 2. The number of rotatable bonds is 16. The summed E-state index contributed by atoms with van der Waals surface area (Å²) in [4.78, 5) is 14.8. The molecular formula is C52H68Cl2N6O2. The molecule has 62 heavy (non-hydrogen) atoms. The number of likely N-dealkylation sites (tertiary alicyclic amines) is 2. The van der Waals surface area contributed by atoms with Gasteiger partial charge in [-0.25, -0.2) is 9.97 Å². The van der Waals surface area contributed by atoms with Crippen LogP contribution < -0.4 is 9.47 Å². The monoisotopic (exact) mass is 878 g/mol. The lowest BCUT2D eigenvalue weighted by molar-refractivity contribution is 0.209. The Balaban J connectivity index is 0.000000186. The van der Waals surface area contributed by atoms with E-state index in [0.717, 1.165) is 69.2 Å². The van der Waals surface area contributed by atoms with Crippen molar-refractivity contribution in [3.8, 4) is 11.5 Å². The molecule has 8 nitrogen and oxygen atoms in total. The molecule has 4 aromatic carbocycles. The highest BCUT2D eigenvalue weighted by Crippen LogP contribution is 2.29. The summed E-state index contributed by atoms with van der Waals surface area (Å²) < 4.78 is 16.9. The number of fused-ring (bicyclic) bond motifs is 2. The van der Waals surface area contributed by atoms with Crippen molar-refractivity contribution in [3.63, 3.8) is 0 Å². The molecular weight excluding hydrogens is 812 g/mol. The zero-order valence-electron chi connectivity index (χ0n) is 38.1. The lowest BCUT2D eigenvalue weighted by atomic mass is 9.92. The van der Waals surface area contributed by atoms with Crippen LogP contribution in [0.5, 0.6) is 11.5 Å². The summed E-state index contributed by atoms with van der Waals surface area (Å²) >= 11 is 12.0. The number of unbranched alkanes of at least 4 members (excludes halogenated alkanes) is 2. The first kappa shape index (κ1) is 45.9. The number of nitrogens with zero attached hydrogens (tertiary/aromatic N) is 6. The van der Waals surface area contributed by atoms with E-state index in [2.05, 4.69) is 85.0 Å². The van der Waals surface area contributed by atoms with E-state index in [1.807, 2.05) is 48.5 Å². The second-order valence-corrected chi connectivity index (χ2v) is 19.0. The SMILES string of the molecule is Cc1ccc2c(nc(COc3ccc(Cl)cc3)n2CCCCC2CCN(C)CC2)c1C.Cc1ccc2nc(COc3ccc(Cl)cc3)n(CCCCC3CCN(C)CC3)c2c1C. The maximum atomic E-state index is 6.05. The molecule has 4 heterocycles. The van der Waals surface area contributed by atoms with Gasteiger partial charge >= 0.3 is 0 Å². The highest BCUT2D eigenvalue weighted by Gasteiger charge is 2.20. The second-order valence-electron chi connectivity index (χ2n) is 18.1. The van der Waals surface area contributed by atoms with E-state index in [9.17, 15) is 0 Å². The number of hydrogen-bond donors (Lipinski definition) is 0. The molecule has 2 aromatic heterocycles. The largest absolute Gasteiger partial charge is 0.486 e. The van der Waals surface area contributed by atoms with Crippen molar-refractivity contribution in [3.05, 3.63) is 117 Å². The van der Waals surface area contributed by atoms with E-state index in [-0.39, 0.29) is 0 Å². The minimum absolute atomic E-state index is 0.462. The van der Waals surface area contributed by atoms with Crippen LogP contribution in [0, 0.1) is 39.5 Å². The first-order chi connectivity index (χ1) is 30.0. The number of aromatic nitrogens is 4. The van der Waals surface area contributed by atoms with Gasteiger partial charge in [-0.15, -0.1) is 0 Å². The molecule has 6 aromatic rings. The quantitative estimate of drug-likeness (QED) is 0.0903. The van der Waals surface area contributed by atoms with Crippen LogP contribution in [-0.2, 0) is 26.3 Å². The van der Waals surface area contributed by atoms with Gasteiger partial charge < -0.3 is 28.4 Å². The summed E-state index contributed by atoms with van der Waals surface area (Å²) in [7, 11) is 4.47. The number of ether oxygens (including phenoxy) is 2. The molecule has 0 spiro atoms. The van der Waals surface area contributed by atoms with Crippen molar-refractivity contribution >= 4 is 45.3 Å². The molecule has 0 aliphatic carbocycles. The van der Waals surface area contributed by atoms with Crippen LogP contribution >= 0.6 is 23.2 Å². The van der Waals surface area contributed by atoms with Gasteiger partial charge in [-0.05, 0) is 201 Å². The predicted molar refractivity (Wildman–Crippen MR) is 258 cm³/mol. The fourth-order valence-electron chi connectivity index (χ4n) is 9.20. The van der Waals surface area contributed by atoms with Gasteiger partial charge in [-0.2, -0.15) is 0 Å². The third kappa shape index (κ3) is 12.1. The standard InChI is InChI=1S/2C26H34ClN3O/c1-19-7-12-24-26(20(19)2)28-25(18-31-23-10-8-22(27)9-11-23)30(24)15-5-4-6-21-13-16-29(3)17-14-21;1-19-7-12-24-26(20(19)2)30(15-5-4-6-21-13-16-29(3)17-14-21)25(28-24)18-31-23-10-8-22(27)9-11-23/h2*7-12,21H,4-6,13-18H2,1-3H3. The van der Waals surface area contributed by atoms with Crippen LogP contribution in [0.4, 0.5) is 0 Å². The smallest absolute Gasteiger partial charge is 0.148 e. The van der Waals surface area contributed by atoms with Crippen molar-refractivity contribution in [2.24, 2.45) is 11.8 Å². The topological polar surface area (TPSA) is 60.6 Å². The zero-order chi connectivity index (χ0) is 43.6. The van der Waals surface area contributed by atoms with Crippen molar-refractivity contribution < 1.29 is 9.47 Å².